The molecule has 1 saturated heterocycles. The average molecular weight is 410 g/mol. The minimum atomic E-state index is -3.63. The Morgan fingerprint density at radius 2 is 1.54 bits per heavy atom. The molecule has 0 bridgehead atoms. The number of rotatable bonds is 4. The average Bonchev–Trinajstić information content (AvgIpc) is 2.31. The molecule has 2 atom stereocenters. The number of ether oxygens (including phenoxy) is 1. The van der Waals surface area contributed by atoms with Crippen LogP contribution in [0.5, 0.6) is 0 Å². The molecule has 1 aliphatic heterocycles. The molecule has 0 N–H and O–H groups in total. The van der Waals surface area contributed by atoms with Gasteiger partial charge in [0.25, 0.3) is 10.1 Å². The SMILES string of the molecule is CC(C)(C)OC(=O)N1C[C@H](O[Si](C)(C)C(C)(C)C)C[C@@H](OS(C)(=O)=O)C1. The zero-order valence-corrected chi connectivity index (χ0v) is 19.4. The first kappa shape index (κ1) is 23.4. The third kappa shape index (κ3) is 7.54. The van der Waals surface area contributed by atoms with E-state index in [-0.39, 0.29) is 17.7 Å². The van der Waals surface area contributed by atoms with Gasteiger partial charge in [-0.3, -0.25) is 4.18 Å². The molecular formula is C17H35NO6SSi. The first-order valence-corrected chi connectivity index (χ1v) is 13.7. The largest absolute Gasteiger partial charge is 0.444 e. The summed E-state index contributed by atoms with van der Waals surface area (Å²) < 4.78 is 40.2. The first-order valence-electron chi connectivity index (χ1n) is 8.94. The Bertz CT molecular complexity index is 606. The summed E-state index contributed by atoms with van der Waals surface area (Å²) in [4.78, 5) is 14.0. The van der Waals surface area contributed by atoms with Gasteiger partial charge in [0.1, 0.15) is 5.60 Å². The van der Waals surface area contributed by atoms with Crippen molar-refractivity contribution in [3.8, 4) is 0 Å². The lowest BCUT2D eigenvalue weighted by Gasteiger charge is -2.44. The third-order valence-electron chi connectivity index (χ3n) is 4.60. The van der Waals surface area contributed by atoms with Crippen LogP contribution in [-0.4, -0.2) is 64.9 Å². The van der Waals surface area contributed by atoms with Gasteiger partial charge in [-0.2, -0.15) is 8.42 Å². The van der Waals surface area contributed by atoms with Crippen LogP contribution in [0.25, 0.3) is 0 Å². The van der Waals surface area contributed by atoms with Gasteiger partial charge < -0.3 is 14.1 Å². The van der Waals surface area contributed by atoms with E-state index in [1.165, 1.54) is 4.90 Å². The molecule has 154 valence electrons. The molecule has 1 rings (SSSR count). The molecule has 1 amide bonds. The summed E-state index contributed by atoms with van der Waals surface area (Å²) in [5.41, 5.74) is -0.627. The Kier molecular flexibility index (Phi) is 6.99. The van der Waals surface area contributed by atoms with Crippen molar-refractivity contribution in [2.75, 3.05) is 19.3 Å². The van der Waals surface area contributed by atoms with Gasteiger partial charge in [-0.1, -0.05) is 20.8 Å². The number of carbonyl (C=O) groups excluding carboxylic acids is 1. The number of carbonyl (C=O) groups is 1. The van der Waals surface area contributed by atoms with Crippen LogP contribution in [0.2, 0.25) is 18.1 Å². The Morgan fingerprint density at radius 1 is 1.04 bits per heavy atom. The van der Waals surface area contributed by atoms with Crippen molar-refractivity contribution in [3.05, 3.63) is 0 Å². The zero-order chi connectivity index (χ0) is 20.6. The second-order valence-electron chi connectivity index (χ2n) is 9.54. The molecule has 0 aromatic rings. The smallest absolute Gasteiger partial charge is 0.410 e. The summed E-state index contributed by atoms with van der Waals surface area (Å²) in [7, 11) is -5.70. The zero-order valence-electron chi connectivity index (χ0n) is 17.6. The van der Waals surface area contributed by atoms with Crippen LogP contribution < -0.4 is 0 Å². The van der Waals surface area contributed by atoms with Gasteiger partial charge in [-0.15, -0.1) is 0 Å². The molecule has 0 aromatic heterocycles. The van der Waals surface area contributed by atoms with E-state index in [4.69, 9.17) is 13.3 Å². The van der Waals surface area contributed by atoms with Crippen molar-refractivity contribution in [2.45, 2.75) is 83.9 Å². The van der Waals surface area contributed by atoms with Crippen molar-refractivity contribution < 1.29 is 26.6 Å². The van der Waals surface area contributed by atoms with Crippen molar-refractivity contribution in [3.63, 3.8) is 0 Å². The fourth-order valence-corrected chi connectivity index (χ4v) is 4.47. The van der Waals surface area contributed by atoms with Crippen LogP contribution in [0.3, 0.4) is 0 Å². The number of amides is 1. The molecule has 0 saturated carbocycles. The Morgan fingerprint density at radius 3 is 1.96 bits per heavy atom. The second-order valence-corrected chi connectivity index (χ2v) is 15.9. The summed E-state index contributed by atoms with van der Waals surface area (Å²) >= 11 is 0. The molecular weight excluding hydrogens is 374 g/mol. The standard InChI is InChI=1S/C17H35NO6SSi/c1-16(2,3)22-15(19)18-11-13(23-25(7,20)21)10-14(12-18)24-26(8,9)17(4,5)6/h13-14H,10-12H2,1-9H3/t13-,14-/m1/s1. The lowest BCUT2D eigenvalue weighted by Crippen LogP contribution is -2.55. The van der Waals surface area contributed by atoms with Gasteiger partial charge in [-0.25, -0.2) is 4.79 Å². The monoisotopic (exact) mass is 409 g/mol. The predicted octanol–water partition coefficient (Wildman–Crippen LogP) is 3.36. The molecule has 1 fully saturated rings. The van der Waals surface area contributed by atoms with E-state index < -0.39 is 36.2 Å². The molecule has 1 heterocycles. The molecule has 1 aliphatic rings. The van der Waals surface area contributed by atoms with Crippen LogP contribution in [0.4, 0.5) is 4.79 Å². The Balaban J connectivity index is 2.98. The van der Waals surface area contributed by atoms with E-state index in [9.17, 15) is 13.2 Å². The van der Waals surface area contributed by atoms with Crippen LogP contribution in [0, 0.1) is 0 Å². The van der Waals surface area contributed by atoms with Crippen molar-refractivity contribution in [1.82, 2.24) is 4.90 Å². The fraction of sp³-hybridized carbons (Fsp3) is 0.941. The molecule has 0 aromatic carbocycles. The Hall–Kier alpha value is -0.643. The van der Waals surface area contributed by atoms with Crippen molar-refractivity contribution >= 4 is 24.5 Å². The third-order valence-corrected chi connectivity index (χ3v) is 9.76. The van der Waals surface area contributed by atoms with Crippen LogP contribution >= 0.6 is 0 Å². The van der Waals surface area contributed by atoms with Crippen LogP contribution in [-0.2, 0) is 23.5 Å². The highest BCUT2D eigenvalue weighted by Gasteiger charge is 2.42. The first-order chi connectivity index (χ1) is 11.4. The summed E-state index contributed by atoms with van der Waals surface area (Å²) in [6, 6.07) is 0. The van der Waals surface area contributed by atoms with E-state index in [1.807, 2.05) is 0 Å². The quantitative estimate of drug-likeness (QED) is 0.523. The highest BCUT2D eigenvalue weighted by atomic mass is 32.2. The van der Waals surface area contributed by atoms with E-state index in [0.29, 0.717) is 13.0 Å². The van der Waals surface area contributed by atoms with Gasteiger partial charge in [0, 0.05) is 13.0 Å². The topological polar surface area (TPSA) is 82.1 Å². The van der Waals surface area contributed by atoms with Crippen molar-refractivity contribution in [1.29, 1.82) is 0 Å². The maximum absolute atomic E-state index is 12.5. The number of hydrogen-bond donors (Lipinski definition) is 0. The van der Waals surface area contributed by atoms with Gasteiger partial charge in [0.05, 0.1) is 25.0 Å². The van der Waals surface area contributed by atoms with Crippen LogP contribution in [0.1, 0.15) is 48.0 Å². The van der Waals surface area contributed by atoms with E-state index in [2.05, 4.69) is 33.9 Å². The van der Waals surface area contributed by atoms with Gasteiger partial charge in [0.15, 0.2) is 8.32 Å². The van der Waals surface area contributed by atoms with Crippen molar-refractivity contribution in [2.24, 2.45) is 0 Å². The van der Waals surface area contributed by atoms with Gasteiger partial charge in [-0.05, 0) is 38.9 Å². The van der Waals surface area contributed by atoms with Gasteiger partial charge >= 0.3 is 6.09 Å². The summed E-state index contributed by atoms with van der Waals surface area (Å²) in [5, 5.41) is 0.00832. The molecule has 0 radical (unpaired) electrons. The number of piperidine rings is 1. The predicted molar refractivity (Wildman–Crippen MR) is 104 cm³/mol. The molecule has 26 heavy (non-hydrogen) atoms. The summed E-state index contributed by atoms with van der Waals surface area (Å²) in [6.07, 6.45) is 0.0372. The van der Waals surface area contributed by atoms with E-state index in [1.54, 1.807) is 20.8 Å². The number of nitrogens with zero attached hydrogens (tertiary/aromatic N) is 1. The lowest BCUT2D eigenvalue weighted by atomic mass is 10.1. The highest BCUT2D eigenvalue weighted by molar-refractivity contribution is 7.86. The molecule has 0 spiro atoms. The van der Waals surface area contributed by atoms with Crippen LogP contribution in [0.15, 0.2) is 0 Å². The fourth-order valence-electron chi connectivity index (χ4n) is 2.48. The molecule has 0 aliphatic carbocycles. The summed E-state index contributed by atoms with van der Waals surface area (Å²) in [5.74, 6) is 0. The normalized spacial score (nSPS) is 23.0. The summed E-state index contributed by atoms with van der Waals surface area (Å²) in [6.45, 7) is 16.6. The maximum Gasteiger partial charge on any atom is 0.410 e. The maximum atomic E-state index is 12.5. The minimum absolute atomic E-state index is 0.00832. The van der Waals surface area contributed by atoms with Gasteiger partial charge in [0.2, 0.25) is 0 Å². The number of likely N-dealkylation sites (tertiary alicyclic amines) is 1. The van der Waals surface area contributed by atoms with E-state index in [0.717, 1.165) is 6.26 Å². The highest BCUT2D eigenvalue weighted by Crippen LogP contribution is 2.38. The lowest BCUT2D eigenvalue weighted by molar-refractivity contribution is -0.0188. The minimum Gasteiger partial charge on any atom is -0.444 e. The second kappa shape index (κ2) is 7.77. The molecule has 0 unspecified atom stereocenters. The van der Waals surface area contributed by atoms with E-state index >= 15 is 0 Å². The Labute approximate surface area is 159 Å². The molecule has 9 heteroatoms. The number of hydrogen-bond acceptors (Lipinski definition) is 6. The molecule has 7 nitrogen and oxygen atoms in total.